The third-order valence-corrected chi connectivity index (χ3v) is 3.39. The first kappa shape index (κ1) is 14.3. The van der Waals surface area contributed by atoms with Crippen LogP contribution >= 0.6 is 0 Å². The standard InChI is InChI=1S/C12H7F3O4S/c13-12(14,15)20(17,18)19-11(16)10-6-5-8-3-1-2-4-9(8)7-10/h1-7H. The van der Waals surface area contributed by atoms with Gasteiger partial charge in [0.15, 0.2) is 0 Å². The van der Waals surface area contributed by atoms with Crippen molar-refractivity contribution >= 4 is 26.9 Å². The Kier molecular flexibility index (Phi) is 3.43. The van der Waals surface area contributed by atoms with Crippen LogP contribution in [0.4, 0.5) is 13.2 Å². The van der Waals surface area contributed by atoms with Crippen LogP contribution in [0.15, 0.2) is 42.5 Å². The van der Waals surface area contributed by atoms with Crippen molar-refractivity contribution < 1.29 is 30.6 Å². The highest BCUT2D eigenvalue weighted by atomic mass is 32.2. The van der Waals surface area contributed by atoms with Crippen LogP contribution in [0.2, 0.25) is 0 Å². The summed E-state index contributed by atoms with van der Waals surface area (Å²) in [7, 11) is -5.95. The molecule has 0 radical (unpaired) electrons. The van der Waals surface area contributed by atoms with E-state index in [0.29, 0.717) is 5.39 Å². The summed E-state index contributed by atoms with van der Waals surface area (Å²) in [5.74, 6) is -1.58. The molecule has 2 rings (SSSR count). The Morgan fingerprint density at radius 1 is 1.00 bits per heavy atom. The van der Waals surface area contributed by atoms with Gasteiger partial charge in [0.2, 0.25) is 0 Å². The second-order valence-electron chi connectivity index (χ2n) is 3.83. The molecule has 0 aliphatic carbocycles. The first-order valence-corrected chi connectivity index (χ1v) is 6.65. The molecule has 2 aromatic rings. The quantitative estimate of drug-likeness (QED) is 0.632. The van der Waals surface area contributed by atoms with Gasteiger partial charge in [-0.05, 0) is 22.9 Å². The molecule has 20 heavy (non-hydrogen) atoms. The van der Waals surface area contributed by atoms with Crippen molar-refractivity contribution in [3.8, 4) is 0 Å². The number of fused-ring (bicyclic) bond motifs is 1. The zero-order chi connectivity index (χ0) is 15.0. The average Bonchev–Trinajstić information content (AvgIpc) is 2.36. The van der Waals surface area contributed by atoms with E-state index in [-0.39, 0.29) is 5.56 Å². The topological polar surface area (TPSA) is 60.4 Å². The highest BCUT2D eigenvalue weighted by Gasteiger charge is 2.49. The molecule has 106 valence electrons. The Morgan fingerprint density at radius 3 is 2.20 bits per heavy atom. The van der Waals surface area contributed by atoms with Crippen LogP contribution in [0, 0.1) is 0 Å². The van der Waals surface area contributed by atoms with E-state index in [1.165, 1.54) is 18.2 Å². The molecule has 0 fully saturated rings. The summed E-state index contributed by atoms with van der Waals surface area (Å²) < 4.78 is 61.3. The normalized spacial score (nSPS) is 12.3. The van der Waals surface area contributed by atoms with E-state index in [1.54, 1.807) is 24.3 Å². The second-order valence-corrected chi connectivity index (χ2v) is 5.37. The molecule has 8 heteroatoms. The molecule has 0 heterocycles. The van der Waals surface area contributed by atoms with Crippen LogP contribution in [0.5, 0.6) is 0 Å². The van der Waals surface area contributed by atoms with E-state index in [2.05, 4.69) is 4.18 Å². The molecule has 4 nitrogen and oxygen atoms in total. The maximum Gasteiger partial charge on any atom is 0.534 e. The Morgan fingerprint density at radius 2 is 1.60 bits per heavy atom. The van der Waals surface area contributed by atoms with Gasteiger partial charge in [-0.25, -0.2) is 4.79 Å². The zero-order valence-corrected chi connectivity index (χ0v) is 10.5. The molecule has 0 spiro atoms. The number of alkyl halides is 3. The summed E-state index contributed by atoms with van der Waals surface area (Å²) >= 11 is 0. The van der Waals surface area contributed by atoms with Gasteiger partial charge in [-0.3, -0.25) is 0 Å². The second kappa shape index (κ2) is 4.78. The molecule has 0 aliphatic heterocycles. The fourth-order valence-electron chi connectivity index (χ4n) is 1.51. The fraction of sp³-hybridized carbons (Fsp3) is 0.0833. The number of benzene rings is 2. The number of hydrogen-bond acceptors (Lipinski definition) is 4. The van der Waals surface area contributed by atoms with Crippen LogP contribution in [-0.4, -0.2) is 19.9 Å². The molecule has 0 unspecified atom stereocenters. The molecule has 0 saturated heterocycles. The first-order valence-electron chi connectivity index (χ1n) is 5.24. The van der Waals surface area contributed by atoms with E-state index in [9.17, 15) is 26.4 Å². The van der Waals surface area contributed by atoms with Gasteiger partial charge in [-0.1, -0.05) is 30.3 Å². The minimum Gasteiger partial charge on any atom is -0.335 e. The van der Waals surface area contributed by atoms with E-state index in [1.807, 2.05) is 0 Å². The molecule has 0 amide bonds. The number of rotatable bonds is 2. The molecule has 0 aliphatic rings. The van der Waals surface area contributed by atoms with Gasteiger partial charge < -0.3 is 4.18 Å². The zero-order valence-electron chi connectivity index (χ0n) is 9.72. The Hall–Kier alpha value is -2.09. The minimum atomic E-state index is -5.95. The largest absolute Gasteiger partial charge is 0.534 e. The van der Waals surface area contributed by atoms with Crippen LogP contribution in [0.1, 0.15) is 10.4 Å². The van der Waals surface area contributed by atoms with Crippen LogP contribution in [0.3, 0.4) is 0 Å². The lowest BCUT2D eigenvalue weighted by molar-refractivity contribution is -0.0525. The molecule has 0 atom stereocenters. The maximum atomic E-state index is 12.1. The Balaban J connectivity index is 2.33. The highest BCUT2D eigenvalue weighted by Crippen LogP contribution is 2.26. The number of carbonyl (C=O) groups is 1. The smallest absolute Gasteiger partial charge is 0.335 e. The Labute approximate surface area is 111 Å². The molecule has 2 aromatic carbocycles. The molecule has 0 N–H and O–H groups in total. The summed E-state index contributed by atoms with van der Waals surface area (Å²) in [6, 6.07) is 10.7. The SMILES string of the molecule is O=C(OS(=O)(=O)C(F)(F)F)c1ccc2ccccc2c1. The van der Waals surface area contributed by atoms with E-state index in [0.717, 1.165) is 5.39 Å². The number of carbonyl (C=O) groups excluding carboxylic acids is 1. The average molecular weight is 304 g/mol. The summed E-state index contributed by atoms with van der Waals surface area (Å²) in [6.45, 7) is 0. The van der Waals surface area contributed by atoms with Crippen LogP contribution < -0.4 is 0 Å². The summed E-state index contributed by atoms with van der Waals surface area (Å²) in [4.78, 5) is 11.4. The first-order chi connectivity index (χ1) is 9.21. The van der Waals surface area contributed by atoms with E-state index < -0.39 is 21.6 Å². The third-order valence-electron chi connectivity index (χ3n) is 2.45. The van der Waals surface area contributed by atoms with Gasteiger partial charge in [0, 0.05) is 0 Å². The minimum absolute atomic E-state index is 0.281. The van der Waals surface area contributed by atoms with Gasteiger partial charge >= 0.3 is 21.6 Å². The number of halogens is 3. The fourth-order valence-corrected chi connectivity index (χ4v) is 1.90. The molecule has 0 bridgehead atoms. The highest BCUT2D eigenvalue weighted by molar-refractivity contribution is 7.88. The van der Waals surface area contributed by atoms with Crippen LogP contribution in [0.25, 0.3) is 10.8 Å². The predicted molar refractivity (Wildman–Crippen MR) is 64.3 cm³/mol. The van der Waals surface area contributed by atoms with Crippen molar-refractivity contribution in [3.05, 3.63) is 48.0 Å². The summed E-state index contributed by atoms with van der Waals surface area (Å²) in [5, 5.41) is 1.33. The van der Waals surface area contributed by atoms with Crippen LogP contribution in [-0.2, 0) is 14.3 Å². The summed E-state index contributed by atoms with van der Waals surface area (Å²) in [5.41, 5.74) is -5.92. The van der Waals surface area contributed by atoms with Crippen molar-refractivity contribution in [1.82, 2.24) is 0 Å². The van der Waals surface area contributed by atoms with Crippen molar-refractivity contribution in [3.63, 3.8) is 0 Å². The van der Waals surface area contributed by atoms with Gasteiger partial charge in [0.25, 0.3) is 0 Å². The Bertz CT molecular complexity index is 766. The monoisotopic (exact) mass is 304 g/mol. The molecule has 0 aromatic heterocycles. The van der Waals surface area contributed by atoms with Crippen molar-refractivity contribution in [2.75, 3.05) is 0 Å². The van der Waals surface area contributed by atoms with Gasteiger partial charge in [-0.15, -0.1) is 0 Å². The molecule has 0 saturated carbocycles. The lowest BCUT2D eigenvalue weighted by Crippen LogP contribution is -2.28. The van der Waals surface area contributed by atoms with Crippen molar-refractivity contribution in [2.45, 2.75) is 5.51 Å². The van der Waals surface area contributed by atoms with Gasteiger partial charge in [-0.2, -0.15) is 21.6 Å². The third kappa shape index (κ3) is 2.74. The lowest BCUT2D eigenvalue weighted by atomic mass is 10.1. The maximum absolute atomic E-state index is 12.1. The van der Waals surface area contributed by atoms with Gasteiger partial charge in [0.1, 0.15) is 0 Å². The summed E-state index contributed by atoms with van der Waals surface area (Å²) in [6.07, 6.45) is 0. The van der Waals surface area contributed by atoms with Crippen molar-refractivity contribution in [2.24, 2.45) is 0 Å². The lowest BCUT2D eigenvalue weighted by Gasteiger charge is -2.08. The molecular weight excluding hydrogens is 297 g/mol. The number of hydrogen-bond donors (Lipinski definition) is 0. The van der Waals surface area contributed by atoms with Gasteiger partial charge in [0.05, 0.1) is 5.56 Å². The molecular formula is C12H7F3O4S. The van der Waals surface area contributed by atoms with Crippen molar-refractivity contribution in [1.29, 1.82) is 0 Å². The van der Waals surface area contributed by atoms with E-state index in [4.69, 9.17) is 0 Å². The van der Waals surface area contributed by atoms with E-state index >= 15 is 0 Å². The predicted octanol–water partition coefficient (Wildman–Crippen LogP) is 2.85.